The topological polar surface area (TPSA) is 99.7 Å². The van der Waals surface area contributed by atoms with E-state index in [0.717, 1.165) is 30.5 Å². The van der Waals surface area contributed by atoms with E-state index >= 15 is 0 Å². The monoisotopic (exact) mass is 338 g/mol. The number of rotatable bonds is 3. The summed E-state index contributed by atoms with van der Waals surface area (Å²) in [6.07, 6.45) is 4.73. The van der Waals surface area contributed by atoms with Crippen molar-refractivity contribution in [3.63, 3.8) is 0 Å². The van der Waals surface area contributed by atoms with Crippen LogP contribution >= 0.6 is 0 Å². The third-order valence-electron chi connectivity index (χ3n) is 5.12. The molecule has 3 aromatic heterocycles. The molecule has 1 aliphatic carbocycles. The lowest BCUT2D eigenvalue weighted by Crippen LogP contribution is -2.31. The molecule has 1 atom stereocenters. The molecule has 0 bridgehead atoms. The van der Waals surface area contributed by atoms with Crippen LogP contribution < -0.4 is 5.69 Å². The number of nitrogens with zero attached hydrogens (tertiary/aromatic N) is 4. The smallest absolute Gasteiger partial charge is 0.327 e. The summed E-state index contributed by atoms with van der Waals surface area (Å²) in [6, 6.07) is 5.43. The van der Waals surface area contributed by atoms with Gasteiger partial charge in [-0.15, -0.1) is 0 Å². The molecule has 2 fully saturated rings. The summed E-state index contributed by atoms with van der Waals surface area (Å²) in [6.45, 7) is 1.11. The van der Waals surface area contributed by atoms with Crippen LogP contribution in [0.25, 0.3) is 11.2 Å². The van der Waals surface area contributed by atoms with Gasteiger partial charge in [-0.2, -0.15) is 5.10 Å². The number of imidazole rings is 1. The minimum Gasteiger partial charge on any atom is -0.335 e. The molecule has 1 saturated carbocycles. The zero-order chi connectivity index (χ0) is 17.0. The van der Waals surface area contributed by atoms with Gasteiger partial charge in [0.25, 0.3) is 5.91 Å². The summed E-state index contributed by atoms with van der Waals surface area (Å²) in [7, 11) is 0. The minimum absolute atomic E-state index is 0.0676. The highest BCUT2D eigenvalue weighted by atomic mass is 16.2. The average molecular weight is 338 g/mol. The largest absolute Gasteiger partial charge is 0.335 e. The number of likely N-dealkylation sites (tertiary alicyclic amines) is 1. The van der Waals surface area contributed by atoms with E-state index in [1.54, 1.807) is 21.7 Å². The van der Waals surface area contributed by atoms with E-state index in [4.69, 9.17) is 0 Å². The number of aromatic nitrogens is 5. The Hall–Kier alpha value is -2.90. The first-order valence-corrected chi connectivity index (χ1v) is 8.60. The molecule has 4 heterocycles. The molecule has 25 heavy (non-hydrogen) atoms. The number of H-pyrrole nitrogens is 2. The Balaban J connectivity index is 1.39. The van der Waals surface area contributed by atoms with Crippen molar-refractivity contribution in [1.82, 2.24) is 29.6 Å². The molecule has 3 aromatic rings. The highest BCUT2D eigenvalue weighted by Gasteiger charge is 2.32. The lowest BCUT2D eigenvalue weighted by molar-refractivity contribution is 0.0782. The van der Waals surface area contributed by atoms with Gasteiger partial charge in [-0.1, -0.05) is 0 Å². The van der Waals surface area contributed by atoms with Crippen LogP contribution in [0.1, 0.15) is 47.4 Å². The molecule has 1 amide bonds. The Bertz CT molecular complexity index is 1010. The van der Waals surface area contributed by atoms with E-state index in [1.165, 1.54) is 0 Å². The summed E-state index contributed by atoms with van der Waals surface area (Å²) in [5.74, 6) is 0.461. The SMILES string of the molecule is O=C(c1cc(C2CC2)[nH]n1)N1CC[C@@H](n2c(=O)[nH]c3cccnc32)C1. The lowest BCUT2D eigenvalue weighted by atomic mass is 10.2. The van der Waals surface area contributed by atoms with Gasteiger partial charge >= 0.3 is 5.69 Å². The van der Waals surface area contributed by atoms with Gasteiger partial charge in [0, 0.05) is 30.9 Å². The van der Waals surface area contributed by atoms with E-state index in [1.807, 2.05) is 12.1 Å². The quantitative estimate of drug-likeness (QED) is 0.754. The minimum atomic E-state index is -0.177. The molecule has 8 heteroatoms. The highest BCUT2D eigenvalue weighted by Crippen LogP contribution is 2.39. The molecule has 0 radical (unpaired) electrons. The van der Waals surface area contributed by atoms with Crippen molar-refractivity contribution in [2.75, 3.05) is 13.1 Å². The van der Waals surface area contributed by atoms with Gasteiger partial charge in [0.05, 0.1) is 11.6 Å². The number of carbonyl (C=O) groups is 1. The molecule has 2 aliphatic rings. The van der Waals surface area contributed by atoms with Gasteiger partial charge < -0.3 is 9.88 Å². The fraction of sp³-hybridized carbons (Fsp3) is 0.412. The maximum Gasteiger partial charge on any atom is 0.327 e. The van der Waals surface area contributed by atoms with E-state index < -0.39 is 0 Å². The number of aromatic amines is 2. The molecule has 1 aliphatic heterocycles. The first-order chi connectivity index (χ1) is 12.2. The predicted octanol–water partition coefficient (Wildman–Crippen LogP) is 1.41. The number of pyridine rings is 1. The van der Waals surface area contributed by atoms with Crippen LogP contribution in [0.15, 0.2) is 29.2 Å². The van der Waals surface area contributed by atoms with Crippen molar-refractivity contribution in [2.45, 2.75) is 31.2 Å². The normalized spacial score (nSPS) is 20.5. The molecule has 0 aromatic carbocycles. The molecule has 128 valence electrons. The van der Waals surface area contributed by atoms with Gasteiger partial charge in [0.1, 0.15) is 5.69 Å². The van der Waals surface area contributed by atoms with Gasteiger partial charge in [0.2, 0.25) is 0 Å². The van der Waals surface area contributed by atoms with Crippen molar-refractivity contribution in [2.24, 2.45) is 0 Å². The molecule has 0 unspecified atom stereocenters. The first kappa shape index (κ1) is 14.4. The molecule has 1 saturated heterocycles. The molecular weight excluding hydrogens is 320 g/mol. The number of amides is 1. The Labute approximate surface area is 142 Å². The van der Waals surface area contributed by atoms with Crippen molar-refractivity contribution < 1.29 is 4.79 Å². The average Bonchev–Trinajstić information content (AvgIpc) is 3.05. The predicted molar refractivity (Wildman–Crippen MR) is 90.5 cm³/mol. The van der Waals surface area contributed by atoms with Crippen LogP contribution in [-0.4, -0.2) is 48.6 Å². The first-order valence-electron chi connectivity index (χ1n) is 8.60. The van der Waals surface area contributed by atoms with Crippen molar-refractivity contribution in [3.05, 3.63) is 46.3 Å². The van der Waals surface area contributed by atoms with Gasteiger partial charge in [-0.05, 0) is 37.5 Å². The van der Waals surface area contributed by atoms with Crippen LogP contribution in [0.4, 0.5) is 0 Å². The zero-order valence-electron chi connectivity index (χ0n) is 13.6. The van der Waals surface area contributed by atoms with Gasteiger partial charge in [-0.3, -0.25) is 14.5 Å². The number of hydrogen-bond acceptors (Lipinski definition) is 4. The molecule has 5 rings (SSSR count). The van der Waals surface area contributed by atoms with Crippen LogP contribution in [0, 0.1) is 0 Å². The second-order valence-corrected chi connectivity index (χ2v) is 6.85. The van der Waals surface area contributed by atoms with Gasteiger partial charge in [0.15, 0.2) is 5.65 Å². The van der Waals surface area contributed by atoms with Crippen LogP contribution in [0.2, 0.25) is 0 Å². The summed E-state index contributed by atoms with van der Waals surface area (Å²) in [5.41, 5.74) is 2.70. The fourth-order valence-electron chi connectivity index (χ4n) is 3.65. The summed E-state index contributed by atoms with van der Waals surface area (Å²) in [5, 5.41) is 7.15. The molecule has 8 nitrogen and oxygen atoms in total. The van der Waals surface area contributed by atoms with E-state index in [2.05, 4.69) is 20.2 Å². The van der Waals surface area contributed by atoms with E-state index in [0.29, 0.717) is 30.3 Å². The number of carbonyl (C=O) groups excluding carboxylic acids is 1. The summed E-state index contributed by atoms with van der Waals surface area (Å²) < 4.78 is 1.67. The van der Waals surface area contributed by atoms with Gasteiger partial charge in [-0.25, -0.2) is 9.78 Å². The standard InChI is InChI=1S/C17H18N6O2/c24-16(14-8-13(20-21-14)10-3-4-10)22-7-5-11(9-22)23-15-12(19-17(23)25)2-1-6-18-15/h1-2,6,8,10-11H,3-5,7,9H2,(H,19,25)(H,20,21)/t11-/m1/s1. The summed E-state index contributed by atoms with van der Waals surface area (Å²) >= 11 is 0. The number of hydrogen-bond donors (Lipinski definition) is 2. The molecule has 0 spiro atoms. The van der Waals surface area contributed by atoms with Crippen LogP contribution in [0.5, 0.6) is 0 Å². The third-order valence-corrected chi connectivity index (χ3v) is 5.12. The molecular formula is C17H18N6O2. The number of fused-ring (bicyclic) bond motifs is 1. The van der Waals surface area contributed by atoms with Crippen LogP contribution in [0.3, 0.4) is 0 Å². The summed E-state index contributed by atoms with van der Waals surface area (Å²) in [4.78, 5) is 33.9. The van der Waals surface area contributed by atoms with E-state index in [9.17, 15) is 9.59 Å². The second-order valence-electron chi connectivity index (χ2n) is 6.85. The maximum atomic E-state index is 12.7. The lowest BCUT2D eigenvalue weighted by Gasteiger charge is -2.15. The third kappa shape index (κ3) is 2.36. The Kier molecular flexibility index (Phi) is 3.06. The van der Waals surface area contributed by atoms with Crippen molar-refractivity contribution in [1.29, 1.82) is 0 Å². The zero-order valence-corrected chi connectivity index (χ0v) is 13.6. The molecule has 2 N–H and O–H groups in total. The van der Waals surface area contributed by atoms with Crippen molar-refractivity contribution >= 4 is 17.1 Å². The van der Waals surface area contributed by atoms with E-state index in [-0.39, 0.29) is 17.6 Å². The maximum absolute atomic E-state index is 12.7. The Morgan fingerprint density at radius 1 is 1.28 bits per heavy atom. The van der Waals surface area contributed by atoms with Crippen LogP contribution in [-0.2, 0) is 0 Å². The Morgan fingerprint density at radius 3 is 3.00 bits per heavy atom. The van der Waals surface area contributed by atoms with Crippen molar-refractivity contribution in [3.8, 4) is 0 Å². The second kappa shape index (κ2) is 5.30. The Morgan fingerprint density at radius 2 is 2.16 bits per heavy atom. The highest BCUT2D eigenvalue weighted by molar-refractivity contribution is 5.92. The fourth-order valence-corrected chi connectivity index (χ4v) is 3.65. The number of nitrogens with one attached hydrogen (secondary N) is 2.